The molecule has 136 valence electrons. The van der Waals surface area contributed by atoms with Crippen molar-refractivity contribution in [2.24, 2.45) is 5.73 Å². The number of fused-ring (bicyclic) bond motifs is 1. The van der Waals surface area contributed by atoms with Gasteiger partial charge in [0.25, 0.3) is 0 Å². The molecule has 0 fully saturated rings. The van der Waals surface area contributed by atoms with Crippen LogP contribution in [0.5, 0.6) is 0 Å². The number of anilines is 2. The van der Waals surface area contributed by atoms with Crippen LogP contribution in [-0.2, 0) is 4.79 Å². The van der Waals surface area contributed by atoms with E-state index in [0.29, 0.717) is 17.1 Å². The number of hydrogen-bond acceptors (Lipinski definition) is 7. The number of nitrogens with two attached hydrogens (primary N) is 1. The second-order valence-corrected chi connectivity index (χ2v) is 6.90. The van der Waals surface area contributed by atoms with Crippen LogP contribution >= 0.6 is 11.3 Å². The highest BCUT2D eigenvalue weighted by Gasteiger charge is 2.42. The molecule has 2 unspecified atom stereocenters. The zero-order valence-electron chi connectivity index (χ0n) is 13.9. The molecule has 3 aromatic rings. The summed E-state index contributed by atoms with van der Waals surface area (Å²) in [7, 11) is 0. The molecule has 0 aliphatic carbocycles. The maximum Gasteiger partial charge on any atom is 0.338 e. The van der Waals surface area contributed by atoms with Gasteiger partial charge in [-0.15, -0.1) is 11.3 Å². The summed E-state index contributed by atoms with van der Waals surface area (Å²) in [5.74, 6) is -1.33. The molecule has 0 aromatic carbocycles. The van der Waals surface area contributed by atoms with E-state index in [2.05, 4.69) is 15.3 Å². The second-order valence-electron chi connectivity index (χ2n) is 5.92. The molecule has 9 heteroatoms. The van der Waals surface area contributed by atoms with Gasteiger partial charge in [0.05, 0.1) is 11.3 Å². The lowest BCUT2D eigenvalue weighted by atomic mass is 10.0. The van der Waals surface area contributed by atoms with E-state index in [9.17, 15) is 14.7 Å². The van der Waals surface area contributed by atoms with Crippen LogP contribution in [0.4, 0.5) is 11.5 Å². The molecule has 3 aromatic heterocycles. The highest BCUT2D eigenvalue weighted by atomic mass is 32.1. The summed E-state index contributed by atoms with van der Waals surface area (Å²) < 4.78 is 0. The largest absolute Gasteiger partial charge is 0.478 e. The Morgan fingerprint density at radius 1 is 1.26 bits per heavy atom. The summed E-state index contributed by atoms with van der Waals surface area (Å²) in [5.41, 5.74) is 6.69. The Labute approximate surface area is 158 Å². The third-order valence-corrected chi connectivity index (χ3v) is 5.25. The zero-order chi connectivity index (χ0) is 19.0. The lowest BCUT2D eigenvalue weighted by molar-refractivity contribution is -0.119. The smallest absolute Gasteiger partial charge is 0.338 e. The van der Waals surface area contributed by atoms with Gasteiger partial charge in [0.1, 0.15) is 12.2 Å². The molecule has 1 amide bonds. The van der Waals surface area contributed by atoms with Crippen LogP contribution in [0.25, 0.3) is 0 Å². The number of aromatic nitrogens is 2. The molecule has 0 saturated heterocycles. The summed E-state index contributed by atoms with van der Waals surface area (Å²) in [5, 5.41) is 14.8. The summed E-state index contributed by atoms with van der Waals surface area (Å²) in [4.78, 5) is 35.2. The van der Waals surface area contributed by atoms with E-state index in [0.717, 1.165) is 4.88 Å². The van der Waals surface area contributed by atoms with Gasteiger partial charge in [0, 0.05) is 29.0 Å². The van der Waals surface area contributed by atoms with Crippen LogP contribution in [0.1, 0.15) is 33.0 Å². The second kappa shape index (κ2) is 6.69. The standard InChI is InChI=1S/C18H15N5O3S/c19-15(24)13(10-3-1-6-20-9-10)23-14-11(18(25)26)5-7-21-16(14)22-17(23)12-4-2-8-27-12/h1-9,13,17H,(H2,19,24)(H,21,22)(H,25,26). The number of nitrogens with zero attached hydrogens (tertiary/aromatic N) is 3. The van der Waals surface area contributed by atoms with E-state index in [1.165, 1.54) is 23.6 Å². The van der Waals surface area contributed by atoms with E-state index >= 15 is 0 Å². The first kappa shape index (κ1) is 17.0. The SMILES string of the molecule is NC(=O)C(c1cccnc1)N1c2c(C(=O)O)ccnc2NC1c1cccs1. The monoisotopic (exact) mass is 381 g/mol. The molecular formula is C18H15N5O3S. The van der Waals surface area contributed by atoms with Crippen molar-refractivity contribution < 1.29 is 14.7 Å². The molecular weight excluding hydrogens is 366 g/mol. The Hall–Kier alpha value is -3.46. The third kappa shape index (κ3) is 2.87. The molecule has 8 nitrogen and oxygen atoms in total. The number of carboxylic acids is 1. The van der Waals surface area contributed by atoms with Crippen molar-refractivity contribution in [2.75, 3.05) is 10.2 Å². The van der Waals surface area contributed by atoms with Crippen LogP contribution in [0.15, 0.2) is 54.3 Å². The first-order valence-corrected chi connectivity index (χ1v) is 8.95. The summed E-state index contributed by atoms with van der Waals surface area (Å²) >= 11 is 1.49. The van der Waals surface area contributed by atoms with Crippen molar-refractivity contribution >= 4 is 34.7 Å². The summed E-state index contributed by atoms with van der Waals surface area (Å²) in [6.07, 6.45) is 4.09. The Balaban J connectivity index is 1.94. The van der Waals surface area contributed by atoms with Gasteiger partial charge in [-0.3, -0.25) is 9.78 Å². The maximum absolute atomic E-state index is 12.5. The number of carbonyl (C=O) groups excluding carboxylic acids is 1. The van der Waals surface area contributed by atoms with Gasteiger partial charge in [0.15, 0.2) is 5.82 Å². The van der Waals surface area contributed by atoms with Gasteiger partial charge in [-0.05, 0) is 23.6 Å². The highest BCUT2D eigenvalue weighted by Crippen LogP contribution is 2.47. The number of primary amides is 1. The fraction of sp³-hybridized carbons (Fsp3) is 0.111. The van der Waals surface area contributed by atoms with E-state index in [1.807, 2.05) is 17.5 Å². The molecule has 4 rings (SSSR count). The first-order chi connectivity index (χ1) is 13.1. The number of rotatable bonds is 5. The molecule has 1 aliphatic heterocycles. The molecule has 0 saturated carbocycles. The van der Waals surface area contributed by atoms with Crippen LogP contribution in [0.3, 0.4) is 0 Å². The Bertz CT molecular complexity index is 993. The Morgan fingerprint density at radius 3 is 2.74 bits per heavy atom. The van der Waals surface area contributed by atoms with E-state index in [1.54, 1.807) is 29.4 Å². The fourth-order valence-corrected chi connectivity index (χ4v) is 4.03. The number of carboxylic acid groups (broad SMARTS) is 1. The lowest BCUT2D eigenvalue weighted by Crippen LogP contribution is -2.40. The molecule has 4 heterocycles. The summed E-state index contributed by atoms with van der Waals surface area (Å²) in [6.45, 7) is 0. The van der Waals surface area contributed by atoms with Crippen LogP contribution in [0.2, 0.25) is 0 Å². The third-order valence-electron chi connectivity index (χ3n) is 4.32. The maximum atomic E-state index is 12.5. The van der Waals surface area contributed by atoms with Crippen molar-refractivity contribution in [1.82, 2.24) is 9.97 Å². The number of pyridine rings is 2. The Morgan fingerprint density at radius 2 is 2.11 bits per heavy atom. The van der Waals surface area contributed by atoms with Crippen molar-refractivity contribution in [2.45, 2.75) is 12.2 Å². The number of aromatic carboxylic acids is 1. The summed E-state index contributed by atoms with van der Waals surface area (Å²) in [6, 6.07) is 7.73. The Kier molecular flexibility index (Phi) is 4.21. The van der Waals surface area contributed by atoms with Crippen molar-refractivity contribution in [3.8, 4) is 0 Å². The molecule has 0 bridgehead atoms. The van der Waals surface area contributed by atoms with E-state index < -0.39 is 24.1 Å². The number of nitrogens with one attached hydrogen (secondary N) is 1. The van der Waals surface area contributed by atoms with Crippen LogP contribution in [-0.4, -0.2) is 27.0 Å². The first-order valence-electron chi connectivity index (χ1n) is 8.07. The van der Waals surface area contributed by atoms with Crippen LogP contribution in [0, 0.1) is 0 Å². The highest BCUT2D eigenvalue weighted by molar-refractivity contribution is 7.10. The average molecular weight is 381 g/mol. The predicted molar refractivity (Wildman–Crippen MR) is 101 cm³/mol. The van der Waals surface area contributed by atoms with Crippen molar-refractivity contribution in [1.29, 1.82) is 0 Å². The normalized spacial score (nSPS) is 16.4. The molecule has 0 radical (unpaired) electrons. The number of carbonyl (C=O) groups is 2. The number of hydrogen-bond donors (Lipinski definition) is 3. The van der Waals surface area contributed by atoms with Gasteiger partial charge in [-0.25, -0.2) is 9.78 Å². The van der Waals surface area contributed by atoms with Gasteiger partial charge in [-0.1, -0.05) is 12.1 Å². The van der Waals surface area contributed by atoms with Crippen molar-refractivity contribution in [3.63, 3.8) is 0 Å². The predicted octanol–water partition coefficient (Wildman–Crippen LogP) is 2.39. The van der Waals surface area contributed by atoms with Crippen molar-refractivity contribution in [3.05, 3.63) is 70.3 Å². The molecule has 0 spiro atoms. The average Bonchev–Trinajstić information content (AvgIpc) is 3.30. The molecule has 27 heavy (non-hydrogen) atoms. The molecule has 2 atom stereocenters. The van der Waals surface area contributed by atoms with Gasteiger partial charge >= 0.3 is 5.97 Å². The topological polar surface area (TPSA) is 121 Å². The van der Waals surface area contributed by atoms with E-state index in [-0.39, 0.29) is 5.56 Å². The lowest BCUT2D eigenvalue weighted by Gasteiger charge is -2.33. The number of amides is 1. The quantitative estimate of drug-likeness (QED) is 0.620. The minimum Gasteiger partial charge on any atom is -0.478 e. The van der Waals surface area contributed by atoms with Gasteiger partial charge < -0.3 is 21.1 Å². The van der Waals surface area contributed by atoms with Gasteiger partial charge in [-0.2, -0.15) is 0 Å². The fourth-order valence-electron chi connectivity index (χ4n) is 3.25. The number of thiophene rings is 1. The van der Waals surface area contributed by atoms with E-state index in [4.69, 9.17) is 5.73 Å². The molecule has 1 aliphatic rings. The molecule has 4 N–H and O–H groups in total. The zero-order valence-corrected chi connectivity index (χ0v) is 14.8. The van der Waals surface area contributed by atoms with Gasteiger partial charge in [0.2, 0.25) is 5.91 Å². The minimum absolute atomic E-state index is 0.0432. The minimum atomic E-state index is -1.11. The van der Waals surface area contributed by atoms with Crippen LogP contribution < -0.4 is 16.0 Å².